The Morgan fingerprint density at radius 2 is 1.51 bits per heavy atom. The van der Waals surface area contributed by atoms with E-state index in [1.807, 2.05) is 60.7 Å². The Morgan fingerprint density at radius 1 is 0.857 bits per heavy atom. The van der Waals surface area contributed by atoms with E-state index >= 15 is 0 Å². The van der Waals surface area contributed by atoms with Crippen LogP contribution in [0.25, 0.3) is 33.7 Å². The number of nitrogens with zero attached hydrogens (tertiary/aromatic N) is 1. The monoisotopic (exact) mass is 526 g/mol. The minimum atomic E-state index is -1.07. The number of hydrogen-bond donors (Lipinski definition) is 1. The lowest BCUT2D eigenvalue weighted by molar-refractivity contribution is -0.128. The number of aromatic nitrogens is 1. The topological polar surface area (TPSA) is 64.4 Å². The molecule has 174 valence electrons. The molecule has 5 rings (SSSR count). The van der Waals surface area contributed by atoms with Crippen molar-refractivity contribution in [3.63, 3.8) is 0 Å². The van der Waals surface area contributed by atoms with Gasteiger partial charge in [-0.2, -0.15) is 0 Å². The Labute approximate surface area is 211 Å². The van der Waals surface area contributed by atoms with Crippen molar-refractivity contribution < 1.29 is 13.9 Å². The lowest BCUT2D eigenvalue weighted by atomic mass is 10.0. The minimum Gasteiger partial charge on any atom is -0.478 e. The third-order valence-corrected chi connectivity index (χ3v) is 6.15. The van der Waals surface area contributed by atoms with Crippen molar-refractivity contribution in [3.8, 4) is 28.3 Å². The molecular formula is C29H23BrN2O3. The van der Waals surface area contributed by atoms with Gasteiger partial charge in [0.15, 0.2) is 11.2 Å². The average Bonchev–Trinajstić information content (AvgIpc) is 3.29. The second kappa shape index (κ2) is 9.39. The Bertz CT molecular complexity index is 1470. The zero-order valence-electron chi connectivity index (χ0n) is 19.3. The fourth-order valence-electron chi connectivity index (χ4n) is 3.69. The number of carbonyl (C=O) groups is 1. The first-order valence-electron chi connectivity index (χ1n) is 11.2. The summed E-state index contributed by atoms with van der Waals surface area (Å²) in [7, 11) is 0. The smallest absolute Gasteiger partial charge is 0.267 e. The number of hydrogen-bond acceptors (Lipinski definition) is 4. The number of benzene rings is 4. The van der Waals surface area contributed by atoms with Gasteiger partial charge in [-0.1, -0.05) is 58.4 Å². The van der Waals surface area contributed by atoms with Crippen molar-refractivity contribution in [1.82, 2.24) is 4.98 Å². The summed E-state index contributed by atoms with van der Waals surface area (Å²) in [4.78, 5) is 17.6. The maximum Gasteiger partial charge on any atom is 0.267 e. The summed E-state index contributed by atoms with van der Waals surface area (Å²) < 4.78 is 12.8. The van der Waals surface area contributed by atoms with Gasteiger partial charge in [0.1, 0.15) is 11.3 Å². The summed E-state index contributed by atoms with van der Waals surface area (Å²) in [6.45, 7) is 3.46. The number of anilines is 1. The van der Waals surface area contributed by atoms with E-state index in [-0.39, 0.29) is 5.91 Å². The molecule has 35 heavy (non-hydrogen) atoms. The SMILES string of the molecule is CC(C)(Oc1ccc(Br)cc1)C(=O)Nc1ccc2oc(-c3ccc(-c4ccccc4)cc3)nc2c1. The van der Waals surface area contributed by atoms with Crippen LogP contribution in [0.5, 0.6) is 5.75 Å². The molecule has 4 aromatic carbocycles. The van der Waals surface area contributed by atoms with Gasteiger partial charge in [0, 0.05) is 15.7 Å². The zero-order valence-corrected chi connectivity index (χ0v) is 20.9. The van der Waals surface area contributed by atoms with Gasteiger partial charge in [0.05, 0.1) is 0 Å². The summed E-state index contributed by atoms with van der Waals surface area (Å²) in [5.41, 5.74) is 4.03. The number of rotatable bonds is 6. The Morgan fingerprint density at radius 3 is 2.23 bits per heavy atom. The number of ether oxygens (including phenoxy) is 1. The van der Waals surface area contributed by atoms with Crippen LogP contribution in [0.15, 0.2) is 106 Å². The number of fused-ring (bicyclic) bond motifs is 1. The standard InChI is InChI=1S/C29H23BrN2O3/c1-29(2,35-24-15-12-22(30)13-16-24)28(33)31-23-14-17-26-25(18-23)32-27(34-26)21-10-8-20(9-11-21)19-6-4-3-5-7-19/h3-18H,1-2H3,(H,31,33). The van der Waals surface area contributed by atoms with Gasteiger partial charge >= 0.3 is 0 Å². The molecule has 0 saturated carbocycles. The van der Waals surface area contributed by atoms with Gasteiger partial charge < -0.3 is 14.5 Å². The molecule has 1 amide bonds. The predicted octanol–water partition coefficient (Wildman–Crippen LogP) is 7.72. The van der Waals surface area contributed by atoms with Gasteiger partial charge in [0.2, 0.25) is 5.89 Å². The maximum absolute atomic E-state index is 12.9. The fraction of sp³-hybridized carbons (Fsp3) is 0.103. The highest BCUT2D eigenvalue weighted by Gasteiger charge is 2.30. The van der Waals surface area contributed by atoms with Crippen LogP contribution in [0.1, 0.15) is 13.8 Å². The van der Waals surface area contributed by atoms with Crippen LogP contribution < -0.4 is 10.1 Å². The van der Waals surface area contributed by atoms with Gasteiger partial charge in [-0.15, -0.1) is 0 Å². The van der Waals surface area contributed by atoms with Crippen molar-refractivity contribution in [2.75, 3.05) is 5.32 Å². The molecule has 0 aliphatic rings. The lowest BCUT2D eigenvalue weighted by Crippen LogP contribution is -2.42. The van der Waals surface area contributed by atoms with E-state index in [4.69, 9.17) is 9.15 Å². The molecule has 0 aliphatic heterocycles. The second-order valence-corrected chi connectivity index (χ2v) is 9.58. The van der Waals surface area contributed by atoms with Crippen LogP contribution in [0, 0.1) is 0 Å². The van der Waals surface area contributed by atoms with E-state index in [0.717, 1.165) is 21.2 Å². The third kappa shape index (κ3) is 5.12. The van der Waals surface area contributed by atoms with E-state index in [2.05, 4.69) is 50.5 Å². The summed E-state index contributed by atoms with van der Waals surface area (Å²) in [5.74, 6) is 0.880. The van der Waals surface area contributed by atoms with Crippen LogP contribution in [-0.4, -0.2) is 16.5 Å². The summed E-state index contributed by atoms with van der Waals surface area (Å²) >= 11 is 3.40. The molecule has 0 saturated heterocycles. The van der Waals surface area contributed by atoms with E-state index in [0.29, 0.717) is 28.4 Å². The quantitative estimate of drug-likeness (QED) is 0.246. The molecule has 0 unspecified atom stereocenters. The van der Waals surface area contributed by atoms with E-state index in [9.17, 15) is 4.79 Å². The molecule has 0 spiro atoms. The van der Waals surface area contributed by atoms with Crippen LogP contribution in [0.3, 0.4) is 0 Å². The highest BCUT2D eigenvalue weighted by atomic mass is 79.9. The van der Waals surface area contributed by atoms with Crippen LogP contribution in [-0.2, 0) is 4.79 Å². The van der Waals surface area contributed by atoms with E-state index < -0.39 is 5.60 Å². The molecule has 0 aliphatic carbocycles. The van der Waals surface area contributed by atoms with E-state index in [1.54, 1.807) is 26.0 Å². The summed E-state index contributed by atoms with van der Waals surface area (Å²) in [5, 5.41) is 2.93. The first-order chi connectivity index (χ1) is 16.9. The molecule has 1 N–H and O–H groups in total. The van der Waals surface area contributed by atoms with Crippen molar-refractivity contribution in [3.05, 3.63) is 102 Å². The van der Waals surface area contributed by atoms with Gasteiger partial charge in [-0.05, 0) is 79.6 Å². The van der Waals surface area contributed by atoms with Crippen LogP contribution >= 0.6 is 15.9 Å². The Hall–Kier alpha value is -3.90. The average molecular weight is 527 g/mol. The molecule has 1 heterocycles. The number of amides is 1. The molecule has 0 bridgehead atoms. The molecule has 1 aromatic heterocycles. The zero-order chi connectivity index (χ0) is 24.4. The molecule has 5 aromatic rings. The number of halogens is 1. The van der Waals surface area contributed by atoms with Crippen LogP contribution in [0.2, 0.25) is 0 Å². The lowest BCUT2D eigenvalue weighted by Gasteiger charge is -2.25. The van der Waals surface area contributed by atoms with Crippen LogP contribution in [0.4, 0.5) is 5.69 Å². The first kappa shape index (κ1) is 22.9. The van der Waals surface area contributed by atoms with Gasteiger partial charge in [0.25, 0.3) is 5.91 Å². The van der Waals surface area contributed by atoms with Crippen molar-refractivity contribution in [2.24, 2.45) is 0 Å². The molecule has 6 heteroatoms. The molecule has 0 atom stereocenters. The number of oxazole rings is 1. The van der Waals surface area contributed by atoms with Crippen molar-refractivity contribution >= 4 is 38.6 Å². The molecule has 0 radical (unpaired) electrons. The maximum atomic E-state index is 12.9. The minimum absolute atomic E-state index is 0.264. The summed E-state index contributed by atoms with van der Waals surface area (Å²) in [6.07, 6.45) is 0. The van der Waals surface area contributed by atoms with Gasteiger partial charge in [-0.25, -0.2) is 4.98 Å². The van der Waals surface area contributed by atoms with E-state index in [1.165, 1.54) is 0 Å². The fourth-order valence-corrected chi connectivity index (χ4v) is 3.95. The Balaban J connectivity index is 1.32. The summed E-state index contributed by atoms with van der Waals surface area (Å²) in [6, 6.07) is 31.1. The predicted molar refractivity (Wildman–Crippen MR) is 142 cm³/mol. The first-order valence-corrected chi connectivity index (χ1v) is 12.0. The van der Waals surface area contributed by atoms with Gasteiger partial charge in [-0.3, -0.25) is 4.79 Å². The van der Waals surface area contributed by atoms with Crippen molar-refractivity contribution in [1.29, 1.82) is 0 Å². The highest BCUT2D eigenvalue weighted by molar-refractivity contribution is 9.10. The molecule has 0 fully saturated rings. The second-order valence-electron chi connectivity index (χ2n) is 8.67. The molecular weight excluding hydrogens is 504 g/mol. The number of nitrogens with one attached hydrogen (secondary N) is 1. The van der Waals surface area contributed by atoms with Crippen molar-refractivity contribution in [2.45, 2.75) is 19.4 Å². The normalized spacial score (nSPS) is 11.4. The number of carbonyl (C=O) groups excluding carboxylic acids is 1. The third-order valence-electron chi connectivity index (χ3n) is 5.62. The largest absolute Gasteiger partial charge is 0.478 e. The molecule has 5 nitrogen and oxygen atoms in total. The highest BCUT2D eigenvalue weighted by Crippen LogP contribution is 2.29. The Kier molecular flexibility index (Phi) is 6.14.